The summed E-state index contributed by atoms with van der Waals surface area (Å²) >= 11 is 1.54. The van der Waals surface area contributed by atoms with Crippen molar-refractivity contribution in [2.45, 2.75) is 37.6 Å². The van der Waals surface area contributed by atoms with Crippen LogP contribution in [0.4, 0.5) is 5.69 Å². The summed E-state index contributed by atoms with van der Waals surface area (Å²) < 4.78 is 28.3. The number of amides is 1. The summed E-state index contributed by atoms with van der Waals surface area (Å²) in [5, 5.41) is 1.95. The topological polar surface area (TPSA) is 66.5 Å². The highest BCUT2D eigenvalue weighted by molar-refractivity contribution is 7.89. The molecule has 0 saturated carbocycles. The van der Waals surface area contributed by atoms with E-state index in [-0.39, 0.29) is 22.8 Å². The highest BCUT2D eigenvalue weighted by Gasteiger charge is 2.26. The molecule has 1 saturated heterocycles. The van der Waals surface area contributed by atoms with Gasteiger partial charge in [0.05, 0.1) is 10.9 Å². The third-order valence-corrected chi connectivity index (χ3v) is 6.74. The maximum atomic E-state index is 12.8. The molecule has 0 spiro atoms. The third-order valence-electron chi connectivity index (χ3n) is 4.33. The van der Waals surface area contributed by atoms with E-state index in [9.17, 15) is 13.2 Å². The third kappa shape index (κ3) is 3.94. The van der Waals surface area contributed by atoms with Crippen LogP contribution in [0, 0.1) is 5.92 Å². The number of nitrogens with zero attached hydrogens (tertiary/aromatic N) is 1. The van der Waals surface area contributed by atoms with Crippen LogP contribution in [-0.2, 0) is 14.8 Å². The van der Waals surface area contributed by atoms with E-state index in [0.717, 1.165) is 17.0 Å². The number of rotatable bonds is 6. The Kier molecular flexibility index (Phi) is 5.27. The van der Waals surface area contributed by atoms with E-state index in [1.54, 1.807) is 40.5 Å². The molecule has 0 radical (unpaired) electrons. The molecule has 134 valence electrons. The minimum Gasteiger partial charge on any atom is -0.312 e. The molecule has 1 aliphatic rings. The van der Waals surface area contributed by atoms with Crippen LogP contribution >= 0.6 is 11.3 Å². The number of carbonyl (C=O) groups excluding carboxylic acids is 1. The molecule has 1 unspecified atom stereocenters. The quantitative estimate of drug-likeness (QED) is 0.836. The van der Waals surface area contributed by atoms with Crippen LogP contribution in [0.1, 0.15) is 37.6 Å². The SMILES string of the molecule is CC(C)C(NS(=O)(=O)c1ccc(N2CCCC2=O)cc1)c1cccs1. The van der Waals surface area contributed by atoms with Gasteiger partial charge in [0, 0.05) is 23.5 Å². The van der Waals surface area contributed by atoms with E-state index >= 15 is 0 Å². The van der Waals surface area contributed by atoms with Gasteiger partial charge in [-0.05, 0) is 48.1 Å². The van der Waals surface area contributed by atoms with E-state index in [1.165, 1.54) is 0 Å². The predicted octanol–water partition coefficient (Wildman–Crippen LogP) is 3.55. The summed E-state index contributed by atoms with van der Waals surface area (Å²) in [5.41, 5.74) is 0.750. The molecule has 0 bridgehead atoms. The fourth-order valence-electron chi connectivity index (χ4n) is 2.95. The summed E-state index contributed by atoms with van der Waals surface area (Å²) in [5.74, 6) is 0.223. The molecule has 1 aromatic heterocycles. The fourth-order valence-corrected chi connectivity index (χ4v) is 5.34. The lowest BCUT2D eigenvalue weighted by Gasteiger charge is -2.21. The fraction of sp³-hybridized carbons (Fsp3) is 0.389. The summed E-state index contributed by atoms with van der Waals surface area (Å²) in [7, 11) is -3.63. The van der Waals surface area contributed by atoms with E-state index < -0.39 is 10.0 Å². The molecule has 1 aromatic carbocycles. The average molecular weight is 379 g/mol. The molecule has 25 heavy (non-hydrogen) atoms. The Labute approximate surface area is 152 Å². The number of sulfonamides is 1. The molecule has 5 nitrogen and oxygen atoms in total. The molecule has 2 aromatic rings. The highest BCUT2D eigenvalue weighted by atomic mass is 32.2. The number of thiophene rings is 1. The first-order valence-corrected chi connectivity index (χ1v) is 10.7. The second kappa shape index (κ2) is 7.27. The normalized spacial score (nSPS) is 16.6. The summed E-state index contributed by atoms with van der Waals surface area (Å²) in [6.07, 6.45) is 1.40. The van der Waals surface area contributed by atoms with Gasteiger partial charge < -0.3 is 4.90 Å². The molecule has 1 fully saturated rings. The molecular weight excluding hydrogens is 356 g/mol. The van der Waals surface area contributed by atoms with E-state index in [2.05, 4.69) is 4.72 Å². The molecule has 1 aliphatic heterocycles. The lowest BCUT2D eigenvalue weighted by Crippen LogP contribution is -2.31. The number of hydrogen-bond acceptors (Lipinski definition) is 4. The zero-order chi connectivity index (χ0) is 18.0. The van der Waals surface area contributed by atoms with Crippen molar-refractivity contribution in [1.82, 2.24) is 4.72 Å². The molecule has 1 N–H and O–H groups in total. The lowest BCUT2D eigenvalue weighted by molar-refractivity contribution is -0.117. The number of benzene rings is 1. The molecular formula is C18H22N2O3S2. The van der Waals surface area contributed by atoms with Gasteiger partial charge >= 0.3 is 0 Å². The number of hydrogen-bond donors (Lipinski definition) is 1. The van der Waals surface area contributed by atoms with Crippen LogP contribution in [0.15, 0.2) is 46.7 Å². The van der Waals surface area contributed by atoms with Crippen LogP contribution in [-0.4, -0.2) is 20.9 Å². The van der Waals surface area contributed by atoms with Crippen molar-refractivity contribution in [2.75, 3.05) is 11.4 Å². The van der Waals surface area contributed by atoms with Gasteiger partial charge in [-0.2, -0.15) is 0 Å². The maximum absolute atomic E-state index is 12.8. The Balaban J connectivity index is 1.81. The Morgan fingerprint density at radius 3 is 2.40 bits per heavy atom. The predicted molar refractivity (Wildman–Crippen MR) is 100 cm³/mol. The summed E-state index contributed by atoms with van der Waals surface area (Å²) in [6, 6.07) is 10.1. The molecule has 3 rings (SSSR count). The first-order valence-electron chi connectivity index (χ1n) is 8.34. The minimum absolute atomic E-state index is 0.0892. The maximum Gasteiger partial charge on any atom is 0.241 e. The monoisotopic (exact) mass is 378 g/mol. The largest absolute Gasteiger partial charge is 0.312 e. The van der Waals surface area contributed by atoms with Crippen molar-refractivity contribution in [3.63, 3.8) is 0 Å². The van der Waals surface area contributed by atoms with E-state index in [1.807, 2.05) is 31.4 Å². The van der Waals surface area contributed by atoms with Crippen molar-refractivity contribution in [2.24, 2.45) is 5.92 Å². The van der Waals surface area contributed by atoms with Crippen molar-refractivity contribution in [1.29, 1.82) is 0 Å². The molecule has 2 heterocycles. The van der Waals surface area contributed by atoms with Gasteiger partial charge in [-0.3, -0.25) is 4.79 Å². The molecule has 1 amide bonds. The van der Waals surface area contributed by atoms with E-state index in [0.29, 0.717) is 13.0 Å². The molecule has 7 heteroatoms. The Bertz CT molecular complexity index is 828. The van der Waals surface area contributed by atoms with E-state index in [4.69, 9.17) is 0 Å². The van der Waals surface area contributed by atoms with Gasteiger partial charge in [0.25, 0.3) is 0 Å². The average Bonchev–Trinajstić information content (AvgIpc) is 3.24. The Morgan fingerprint density at radius 2 is 1.88 bits per heavy atom. The van der Waals surface area contributed by atoms with Crippen LogP contribution < -0.4 is 9.62 Å². The smallest absolute Gasteiger partial charge is 0.241 e. The highest BCUT2D eigenvalue weighted by Crippen LogP contribution is 2.28. The minimum atomic E-state index is -3.63. The van der Waals surface area contributed by atoms with Gasteiger partial charge in [-0.15, -0.1) is 11.3 Å². The Morgan fingerprint density at radius 1 is 1.16 bits per heavy atom. The number of carbonyl (C=O) groups is 1. The van der Waals surface area contributed by atoms with Crippen LogP contribution in [0.2, 0.25) is 0 Å². The van der Waals surface area contributed by atoms with Crippen molar-refractivity contribution in [3.05, 3.63) is 46.7 Å². The second-order valence-corrected chi connectivity index (χ2v) is 9.19. The Hall–Kier alpha value is -1.70. The first kappa shape index (κ1) is 18.1. The van der Waals surface area contributed by atoms with Gasteiger partial charge in [0.15, 0.2) is 0 Å². The first-order chi connectivity index (χ1) is 11.9. The molecule has 1 atom stereocenters. The zero-order valence-electron chi connectivity index (χ0n) is 14.3. The van der Waals surface area contributed by atoms with Crippen molar-refractivity contribution in [3.8, 4) is 0 Å². The van der Waals surface area contributed by atoms with Gasteiger partial charge in [0.1, 0.15) is 0 Å². The standard InChI is InChI=1S/C18H22N2O3S2/c1-13(2)18(16-5-4-12-24-16)19-25(22,23)15-9-7-14(8-10-15)20-11-3-6-17(20)21/h4-5,7-10,12-13,18-19H,3,6,11H2,1-2H3. The lowest BCUT2D eigenvalue weighted by atomic mass is 10.0. The van der Waals surface area contributed by atoms with Gasteiger partial charge in [-0.1, -0.05) is 19.9 Å². The van der Waals surface area contributed by atoms with Gasteiger partial charge in [0.2, 0.25) is 15.9 Å². The van der Waals surface area contributed by atoms with Crippen LogP contribution in [0.3, 0.4) is 0 Å². The summed E-state index contributed by atoms with van der Waals surface area (Å²) in [4.78, 5) is 14.7. The molecule has 0 aliphatic carbocycles. The van der Waals surface area contributed by atoms with Crippen molar-refractivity contribution < 1.29 is 13.2 Å². The number of nitrogens with one attached hydrogen (secondary N) is 1. The van der Waals surface area contributed by atoms with Crippen LogP contribution in [0.5, 0.6) is 0 Å². The van der Waals surface area contributed by atoms with Crippen molar-refractivity contribution >= 4 is 33.0 Å². The van der Waals surface area contributed by atoms with Crippen LogP contribution in [0.25, 0.3) is 0 Å². The second-order valence-electron chi connectivity index (χ2n) is 6.50. The summed E-state index contributed by atoms with van der Waals surface area (Å²) in [6.45, 7) is 4.68. The number of anilines is 1. The van der Waals surface area contributed by atoms with Gasteiger partial charge in [-0.25, -0.2) is 13.1 Å². The zero-order valence-corrected chi connectivity index (χ0v) is 15.9.